The standard InChI is InChI=1S/C17H13F3N2O3/c18-17(19,20)13-7-11(14-9(8-23)5-6-25-14)16(22-13)10-3-1-2-4-12(10)21-15(16)24/h1-6,8,11,13,22H,7H2,(H,21,24)/t11-,13+,16+/m1/s1. The topological polar surface area (TPSA) is 71.3 Å². The van der Waals surface area contributed by atoms with Gasteiger partial charge in [0.2, 0.25) is 5.91 Å². The lowest BCUT2D eigenvalue weighted by Gasteiger charge is -2.29. The van der Waals surface area contributed by atoms with Crippen LogP contribution in [-0.2, 0) is 10.3 Å². The van der Waals surface area contributed by atoms with Gasteiger partial charge in [-0.2, -0.15) is 13.2 Å². The van der Waals surface area contributed by atoms with Crippen LogP contribution in [0.5, 0.6) is 0 Å². The van der Waals surface area contributed by atoms with Crippen molar-refractivity contribution in [3.8, 4) is 0 Å². The van der Waals surface area contributed by atoms with Gasteiger partial charge in [0.1, 0.15) is 17.3 Å². The molecule has 4 rings (SSSR count). The van der Waals surface area contributed by atoms with E-state index in [2.05, 4.69) is 10.6 Å². The van der Waals surface area contributed by atoms with Gasteiger partial charge in [-0.15, -0.1) is 0 Å². The van der Waals surface area contributed by atoms with Crippen molar-refractivity contribution < 1.29 is 27.2 Å². The Kier molecular flexibility index (Phi) is 3.30. The molecule has 0 bridgehead atoms. The van der Waals surface area contributed by atoms with E-state index in [0.717, 1.165) is 0 Å². The first kappa shape index (κ1) is 15.9. The Morgan fingerprint density at radius 1 is 1.24 bits per heavy atom. The summed E-state index contributed by atoms with van der Waals surface area (Å²) in [5, 5.41) is 5.12. The van der Waals surface area contributed by atoms with E-state index in [1.165, 1.54) is 12.3 Å². The second kappa shape index (κ2) is 5.19. The number of aldehydes is 1. The lowest BCUT2D eigenvalue weighted by molar-refractivity contribution is -0.154. The number of para-hydroxylation sites is 1. The maximum Gasteiger partial charge on any atom is 0.403 e. The van der Waals surface area contributed by atoms with Crippen LogP contribution in [0.2, 0.25) is 0 Å². The summed E-state index contributed by atoms with van der Waals surface area (Å²) in [6.45, 7) is 0. The van der Waals surface area contributed by atoms with Crippen LogP contribution >= 0.6 is 0 Å². The molecule has 0 unspecified atom stereocenters. The molecule has 0 radical (unpaired) electrons. The van der Waals surface area contributed by atoms with Gasteiger partial charge in [-0.3, -0.25) is 14.9 Å². The Hall–Kier alpha value is -2.61. The van der Waals surface area contributed by atoms with Gasteiger partial charge in [-0.25, -0.2) is 0 Å². The molecular weight excluding hydrogens is 337 g/mol. The molecule has 1 spiro atoms. The summed E-state index contributed by atoms with van der Waals surface area (Å²) in [6, 6.07) is 6.07. The van der Waals surface area contributed by atoms with Crippen molar-refractivity contribution in [2.45, 2.75) is 30.1 Å². The molecule has 1 saturated heterocycles. The molecule has 1 fully saturated rings. The maximum absolute atomic E-state index is 13.4. The zero-order chi connectivity index (χ0) is 17.8. The molecule has 1 amide bonds. The van der Waals surface area contributed by atoms with Gasteiger partial charge in [0.15, 0.2) is 6.29 Å². The zero-order valence-corrected chi connectivity index (χ0v) is 12.8. The summed E-state index contributed by atoms with van der Waals surface area (Å²) >= 11 is 0. The molecule has 0 saturated carbocycles. The Morgan fingerprint density at radius 2 is 2.00 bits per heavy atom. The number of carbonyl (C=O) groups is 2. The van der Waals surface area contributed by atoms with E-state index in [4.69, 9.17) is 4.42 Å². The highest BCUT2D eigenvalue weighted by Gasteiger charge is 2.63. The molecule has 130 valence electrons. The molecule has 0 aliphatic carbocycles. The number of anilines is 1. The van der Waals surface area contributed by atoms with E-state index in [9.17, 15) is 22.8 Å². The number of hydrogen-bond acceptors (Lipinski definition) is 4. The predicted octanol–water partition coefficient (Wildman–Crippen LogP) is 2.95. The molecule has 2 aliphatic heterocycles. The second-order valence-corrected chi connectivity index (χ2v) is 6.19. The number of amides is 1. The van der Waals surface area contributed by atoms with E-state index in [1.54, 1.807) is 24.3 Å². The third kappa shape index (κ3) is 2.13. The van der Waals surface area contributed by atoms with Gasteiger partial charge in [0.25, 0.3) is 0 Å². The Labute approximate surface area is 140 Å². The van der Waals surface area contributed by atoms with Crippen LogP contribution in [0.4, 0.5) is 18.9 Å². The fourth-order valence-corrected chi connectivity index (χ4v) is 3.85. The summed E-state index contributed by atoms with van der Waals surface area (Å²) in [7, 11) is 0. The van der Waals surface area contributed by atoms with Crippen LogP contribution in [-0.4, -0.2) is 24.4 Å². The van der Waals surface area contributed by atoms with Crippen molar-refractivity contribution in [1.82, 2.24) is 5.32 Å². The highest BCUT2D eigenvalue weighted by molar-refractivity contribution is 6.07. The lowest BCUT2D eigenvalue weighted by atomic mass is 9.78. The van der Waals surface area contributed by atoms with Crippen LogP contribution in [0.25, 0.3) is 0 Å². The molecule has 8 heteroatoms. The Balaban J connectivity index is 1.92. The molecule has 25 heavy (non-hydrogen) atoms. The summed E-state index contributed by atoms with van der Waals surface area (Å²) in [5.74, 6) is -1.46. The minimum Gasteiger partial charge on any atom is -0.468 e. The largest absolute Gasteiger partial charge is 0.468 e. The first-order chi connectivity index (χ1) is 11.9. The summed E-state index contributed by atoms with van der Waals surface area (Å²) < 4.78 is 45.5. The van der Waals surface area contributed by atoms with Crippen LogP contribution in [0.1, 0.15) is 34.0 Å². The van der Waals surface area contributed by atoms with Crippen LogP contribution in [0, 0.1) is 0 Å². The number of fused-ring (bicyclic) bond motifs is 2. The fourth-order valence-electron chi connectivity index (χ4n) is 3.85. The lowest BCUT2D eigenvalue weighted by Crippen LogP contribution is -2.51. The molecule has 3 heterocycles. The molecular formula is C17H13F3N2O3. The number of alkyl halides is 3. The van der Waals surface area contributed by atoms with Gasteiger partial charge in [-0.1, -0.05) is 18.2 Å². The second-order valence-electron chi connectivity index (χ2n) is 6.19. The van der Waals surface area contributed by atoms with Crippen molar-refractivity contribution >= 4 is 17.9 Å². The number of halogens is 3. The monoisotopic (exact) mass is 350 g/mol. The highest BCUT2D eigenvalue weighted by Crippen LogP contribution is 2.53. The Bertz CT molecular complexity index is 861. The quantitative estimate of drug-likeness (QED) is 0.817. The van der Waals surface area contributed by atoms with Crippen molar-refractivity contribution in [3.63, 3.8) is 0 Å². The molecule has 3 atom stereocenters. The SMILES string of the molecule is O=Cc1ccoc1[C@H]1C[C@@H](C(F)(F)F)N[C@]12C(=O)Nc1ccccc12. The third-order valence-electron chi connectivity index (χ3n) is 4.92. The number of benzene rings is 1. The van der Waals surface area contributed by atoms with Gasteiger partial charge in [0.05, 0.1) is 17.7 Å². The average molecular weight is 350 g/mol. The molecule has 2 N–H and O–H groups in total. The number of furan rings is 1. The van der Waals surface area contributed by atoms with Gasteiger partial charge in [-0.05, 0) is 18.6 Å². The summed E-state index contributed by atoms with van der Waals surface area (Å²) in [4.78, 5) is 24.0. The minimum atomic E-state index is -4.53. The normalized spacial score (nSPS) is 28.2. The first-order valence-electron chi connectivity index (χ1n) is 7.66. The summed E-state index contributed by atoms with van der Waals surface area (Å²) in [5.41, 5.74) is -0.616. The van der Waals surface area contributed by atoms with E-state index < -0.39 is 36.0 Å². The van der Waals surface area contributed by atoms with Gasteiger partial charge in [0, 0.05) is 11.3 Å². The number of nitrogens with one attached hydrogen (secondary N) is 2. The fraction of sp³-hybridized carbons (Fsp3) is 0.294. The van der Waals surface area contributed by atoms with E-state index >= 15 is 0 Å². The van der Waals surface area contributed by atoms with Crippen molar-refractivity contribution in [1.29, 1.82) is 0 Å². The molecule has 1 aromatic carbocycles. The van der Waals surface area contributed by atoms with Gasteiger partial charge < -0.3 is 9.73 Å². The highest BCUT2D eigenvalue weighted by atomic mass is 19.4. The van der Waals surface area contributed by atoms with Crippen molar-refractivity contribution in [2.75, 3.05) is 5.32 Å². The zero-order valence-electron chi connectivity index (χ0n) is 12.8. The molecule has 2 aliphatic rings. The third-order valence-corrected chi connectivity index (χ3v) is 4.92. The molecule has 2 aromatic rings. The predicted molar refractivity (Wildman–Crippen MR) is 81.2 cm³/mol. The number of rotatable bonds is 2. The first-order valence-corrected chi connectivity index (χ1v) is 7.66. The van der Waals surface area contributed by atoms with E-state index in [-0.39, 0.29) is 11.3 Å². The number of hydrogen-bond donors (Lipinski definition) is 2. The van der Waals surface area contributed by atoms with Crippen molar-refractivity contribution in [2.24, 2.45) is 0 Å². The van der Waals surface area contributed by atoms with E-state index in [0.29, 0.717) is 17.5 Å². The van der Waals surface area contributed by atoms with Crippen molar-refractivity contribution in [3.05, 3.63) is 53.5 Å². The minimum absolute atomic E-state index is 0.0844. The van der Waals surface area contributed by atoms with E-state index in [1.807, 2.05) is 0 Å². The smallest absolute Gasteiger partial charge is 0.403 e. The van der Waals surface area contributed by atoms with Crippen LogP contribution < -0.4 is 10.6 Å². The van der Waals surface area contributed by atoms with Gasteiger partial charge >= 0.3 is 6.18 Å². The maximum atomic E-state index is 13.4. The van der Waals surface area contributed by atoms with Crippen LogP contribution in [0.3, 0.4) is 0 Å². The van der Waals surface area contributed by atoms with Crippen LogP contribution in [0.15, 0.2) is 41.0 Å². The molecule has 5 nitrogen and oxygen atoms in total. The average Bonchev–Trinajstić information content (AvgIpc) is 3.25. The molecule has 1 aromatic heterocycles. The Morgan fingerprint density at radius 3 is 2.72 bits per heavy atom. The summed E-state index contributed by atoms with van der Waals surface area (Å²) in [6.07, 6.45) is -3.17. The number of carbonyl (C=O) groups excluding carboxylic acids is 2.